The molecule has 6 heteroatoms. The highest BCUT2D eigenvalue weighted by molar-refractivity contribution is 5.97. The van der Waals surface area contributed by atoms with Crippen molar-refractivity contribution < 1.29 is 23.9 Å². The number of hydrogen-bond acceptors (Lipinski definition) is 5. The standard InChI is InChI=1S/C19H19NO5/c1-24-16(21)12-13-8-10-14(11-9-13)17(19(23)25-2)20-18(22)15-6-4-3-5-7-15/h3-11,17H,12H2,1-2H3,(H,20,22). The number of nitrogens with one attached hydrogen (secondary N) is 1. The summed E-state index contributed by atoms with van der Waals surface area (Å²) in [6.07, 6.45) is 0.135. The normalized spacial score (nSPS) is 11.3. The van der Waals surface area contributed by atoms with E-state index in [1.807, 2.05) is 0 Å². The van der Waals surface area contributed by atoms with Crippen LogP contribution in [0.2, 0.25) is 0 Å². The van der Waals surface area contributed by atoms with Gasteiger partial charge in [0.25, 0.3) is 5.91 Å². The van der Waals surface area contributed by atoms with E-state index in [9.17, 15) is 14.4 Å². The molecule has 0 aromatic heterocycles. The van der Waals surface area contributed by atoms with Gasteiger partial charge in [-0.25, -0.2) is 4.79 Å². The van der Waals surface area contributed by atoms with Gasteiger partial charge >= 0.3 is 11.9 Å². The Hall–Kier alpha value is -3.15. The van der Waals surface area contributed by atoms with Gasteiger partial charge in [-0.1, -0.05) is 42.5 Å². The molecule has 1 amide bonds. The van der Waals surface area contributed by atoms with Crippen LogP contribution < -0.4 is 5.32 Å². The fourth-order valence-electron chi connectivity index (χ4n) is 2.27. The van der Waals surface area contributed by atoms with Crippen molar-refractivity contribution in [1.29, 1.82) is 0 Å². The maximum absolute atomic E-state index is 12.3. The van der Waals surface area contributed by atoms with E-state index in [1.165, 1.54) is 14.2 Å². The molecule has 0 saturated heterocycles. The summed E-state index contributed by atoms with van der Waals surface area (Å²) in [7, 11) is 2.58. The molecule has 0 aliphatic carbocycles. The van der Waals surface area contributed by atoms with Gasteiger partial charge in [0.2, 0.25) is 0 Å². The molecule has 1 unspecified atom stereocenters. The number of ether oxygens (including phenoxy) is 2. The molecule has 2 aromatic carbocycles. The molecule has 0 heterocycles. The van der Waals surface area contributed by atoms with Crippen LogP contribution >= 0.6 is 0 Å². The third-order valence-electron chi connectivity index (χ3n) is 3.64. The molecule has 0 aliphatic heterocycles. The first kappa shape index (κ1) is 18.2. The van der Waals surface area contributed by atoms with Crippen molar-refractivity contribution in [3.63, 3.8) is 0 Å². The highest BCUT2D eigenvalue weighted by Gasteiger charge is 2.24. The number of carbonyl (C=O) groups is 3. The topological polar surface area (TPSA) is 81.7 Å². The van der Waals surface area contributed by atoms with Crippen LogP contribution in [0.5, 0.6) is 0 Å². The van der Waals surface area contributed by atoms with Crippen molar-refractivity contribution in [1.82, 2.24) is 5.32 Å². The first-order chi connectivity index (χ1) is 12.0. The summed E-state index contributed by atoms with van der Waals surface area (Å²) in [4.78, 5) is 35.7. The van der Waals surface area contributed by atoms with Crippen LogP contribution in [0.1, 0.15) is 27.5 Å². The van der Waals surface area contributed by atoms with Gasteiger partial charge < -0.3 is 14.8 Å². The largest absolute Gasteiger partial charge is 0.469 e. The van der Waals surface area contributed by atoms with Crippen LogP contribution in [0.25, 0.3) is 0 Å². The smallest absolute Gasteiger partial charge is 0.333 e. The Balaban J connectivity index is 2.18. The molecule has 2 rings (SSSR count). The Morgan fingerprint density at radius 2 is 1.56 bits per heavy atom. The van der Waals surface area contributed by atoms with Gasteiger partial charge in [0.15, 0.2) is 6.04 Å². The van der Waals surface area contributed by atoms with Crippen molar-refractivity contribution >= 4 is 17.8 Å². The first-order valence-electron chi connectivity index (χ1n) is 7.64. The number of benzene rings is 2. The van der Waals surface area contributed by atoms with Crippen molar-refractivity contribution in [3.05, 3.63) is 71.3 Å². The van der Waals surface area contributed by atoms with Gasteiger partial charge in [-0.15, -0.1) is 0 Å². The minimum absolute atomic E-state index is 0.135. The molecule has 1 N–H and O–H groups in total. The van der Waals surface area contributed by atoms with E-state index < -0.39 is 12.0 Å². The molecule has 0 aliphatic rings. The zero-order valence-electron chi connectivity index (χ0n) is 14.0. The van der Waals surface area contributed by atoms with Crippen molar-refractivity contribution in [2.45, 2.75) is 12.5 Å². The summed E-state index contributed by atoms with van der Waals surface area (Å²) in [5.74, 6) is -1.31. The Labute approximate surface area is 145 Å². The van der Waals surface area contributed by atoms with Gasteiger partial charge in [-0.2, -0.15) is 0 Å². The molecule has 2 aromatic rings. The monoisotopic (exact) mass is 341 g/mol. The number of rotatable bonds is 6. The van der Waals surface area contributed by atoms with Crippen LogP contribution in [0, 0.1) is 0 Å². The maximum Gasteiger partial charge on any atom is 0.333 e. The summed E-state index contributed by atoms with van der Waals surface area (Å²) in [6.45, 7) is 0. The van der Waals surface area contributed by atoms with E-state index in [4.69, 9.17) is 4.74 Å². The third kappa shape index (κ3) is 4.91. The van der Waals surface area contributed by atoms with Gasteiger partial charge in [0, 0.05) is 5.56 Å². The van der Waals surface area contributed by atoms with Crippen molar-refractivity contribution in [2.75, 3.05) is 14.2 Å². The lowest BCUT2D eigenvalue weighted by Gasteiger charge is -2.17. The Kier molecular flexibility index (Phi) is 6.28. The van der Waals surface area contributed by atoms with E-state index in [0.29, 0.717) is 11.1 Å². The highest BCUT2D eigenvalue weighted by atomic mass is 16.5. The Bertz CT molecular complexity index is 740. The molecule has 1 atom stereocenters. The van der Waals surface area contributed by atoms with E-state index in [-0.39, 0.29) is 18.3 Å². The quantitative estimate of drug-likeness (QED) is 0.813. The molecule has 0 saturated carbocycles. The maximum atomic E-state index is 12.3. The summed E-state index contributed by atoms with van der Waals surface area (Å²) >= 11 is 0. The number of hydrogen-bond donors (Lipinski definition) is 1. The zero-order valence-corrected chi connectivity index (χ0v) is 14.0. The lowest BCUT2D eigenvalue weighted by molar-refractivity contribution is -0.143. The molecule has 25 heavy (non-hydrogen) atoms. The van der Waals surface area contributed by atoms with Crippen LogP contribution in [-0.4, -0.2) is 32.1 Å². The number of amides is 1. The van der Waals surface area contributed by atoms with Gasteiger partial charge in [-0.3, -0.25) is 9.59 Å². The van der Waals surface area contributed by atoms with E-state index in [0.717, 1.165) is 5.56 Å². The third-order valence-corrected chi connectivity index (χ3v) is 3.64. The van der Waals surface area contributed by atoms with E-state index in [1.54, 1.807) is 54.6 Å². The highest BCUT2D eigenvalue weighted by Crippen LogP contribution is 2.17. The van der Waals surface area contributed by atoms with E-state index >= 15 is 0 Å². The van der Waals surface area contributed by atoms with Crippen LogP contribution in [-0.2, 0) is 25.5 Å². The van der Waals surface area contributed by atoms with Crippen molar-refractivity contribution in [3.8, 4) is 0 Å². The summed E-state index contributed by atoms with van der Waals surface area (Å²) in [6, 6.07) is 14.4. The van der Waals surface area contributed by atoms with Crippen LogP contribution in [0.15, 0.2) is 54.6 Å². The van der Waals surface area contributed by atoms with Crippen LogP contribution in [0.4, 0.5) is 0 Å². The van der Waals surface area contributed by atoms with E-state index in [2.05, 4.69) is 10.1 Å². The molecule has 0 fully saturated rings. The lowest BCUT2D eigenvalue weighted by Crippen LogP contribution is -2.34. The summed E-state index contributed by atoms with van der Waals surface area (Å²) in [5, 5.41) is 2.67. The van der Waals surface area contributed by atoms with Gasteiger partial charge in [-0.05, 0) is 23.3 Å². The predicted molar refractivity (Wildman–Crippen MR) is 90.8 cm³/mol. The van der Waals surface area contributed by atoms with Crippen LogP contribution in [0.3, 0.4) is 0 Å². The molecular formula is C19H19NO5. The van der Waals surface area contributed by atoms with Gasteiger partial charge in [0.05, 0.1) is 20.6 Å². The molecular weight excluding hydrogens is 322 g/mol. The SMILES string of the molecule is COC(=O)Cc1ccc(C(NC(=O)c2ccccc2)C(=O)OC)cc1. The second kappa shape index (κ2) is 8.63. The van der Waals surface area contributed by atoms with Crippen molar-refractivity contribution in [2.24, 2.45) is 0 Å². The summed E-state index contributed by atoms with van der Waals surface area (Å²) < 4.78 is 9.41. The molecule has 0 spiro atoms. The average Bonchev–Trinajstić information content (AvgIpc) is 2.66. The second-order valence-electron chi connectivity index (χ2n) is 5.29. The first-order valence-corrected chi connectivity index (χ1v) is 7.64. The minimum Gasteiger partial charge on any atom is -0.469 e. The molecule has 6 nitrogen and oxygen atoms in total. The Morgan fingerprint density at radius 1 is 0.920 bits per heavy atom. The predicted octanol–water partition coefficient (Wildman–Crippen LogP) is 2.05. The number of esters is 2. The molecule has 0 bridgehead atoms. The lowest BCUT2D eigenvalue weighted by atomic mass is 10.0. The number of methoxy groups -OCH3 is 2. The van der Waals surface area contributed by atoms with Gasteiger partial charge in [0.1, 0.15) is 0 Å². The summed E-state index contributed by atoms with van der Waals surface area (Å²) in [5.41, 5.74) is 1.75. The zero-order chi connectivity index (χ0) is 18.2. The average molecular weight is 341 g/mol. The number of carbonyl (C=O) groups excluding carboxylic acids is 3. The minimum atomic E-state index is -0.940. The fraction of sp³-hybridized carbons (Fsp3) is 0.211. The Morgan fingerprint density at radius 3 is 2.12 bits per heavy atom. The molecule has 130 valence electrons. The fourth-order valence-corrected chi connectivity index (χ4v) is 2.27. The second-order valence-corrected chi connectivity index (χ2v) is 5.29. The molecule has 0 radical (unpaired) electrons.